The van der Waals surface area contributed by atoms with Crippen LogP contribution in [0, 0.1) is 0 Å². The first-order chi connectivity index (χ1) is 25.2. The van der Waals surface area contributed by atoms with E-state index in [0.29, 0.717) is 22.8 Å². The van der Waals surface area contributed by atoms with Crippen molar-refractivity contribution in [1.29, 1.82) is 0 Å². The van der Waals surface area contributed by atoms with Crippen LogP contribution in [0.25, 0.3) is 6.08 Å². The number of benzene rings is 2. The lowest BCUT2D eigenvalue weighted by Crippen LogP contribution is -2.25. The monoisotopic (exact) mass is 698 g/mol. The Morgan fingerprint density at radius 2 is 0.843 bits per heavy atom. The molecule has 51 heavy (non-hydrogen) atoms. The van der Waals surface area contributed by atoms with Crippen LogP contribution >= 0.6 is 0 Å². The predicted octanol–water partition coefficient (Wildman–Crippen LogP) is 12.1. The molecule has 0 saturated heterocycles. The summed E-state index contributed by atoms with van der Waals surface area (Å²) in [5.41, 5.74) is 1.38. The second-order valence-electron chi connectivity index (χ2n) is 16.1. The van der Waals surface area contributed by atoms with Crippen molar-refractivity contribution < 1.29 is 28.5 Å². The highest BCUT2D eigenvalue weighted by molar-refractivity contribution is 6.11. The highest BCUT2D eigenvalue weighted by atomic mass is 16.5. The summed E-state index contributed by atoms with van der Waals surface area (Å²) in [5.74, 6) is 3.41. The molecule has 5 aliphatic carbocycles. The average molecular weight is 699 g/mol. The fourth-order valence-electron chi connectivity index (χ4n) is 8.99. The Morgan fingerprint density at radius 3 is 1.35 bits per heavy atom. The van der Waals surface area contributed by atoms with Crippen LogP contribution in [0.3, 0.4) is 0 Å². The van der Waals surface area contributed by atoms with Gasteiger partial charge in [0.1, 0.15) is 22.8 Å². The molecule has 0 spiro atoms. The molecule has 278 valence electrons. The van der Waals surface area contributed by atoms with E-state index in [4.69, 9.17) is 23.7 Å². The summed E-state index contributed by atoms with van der Waals surface area (Å²) in [4.78, 5) is 14.7. The van der Waals surface area contributed by atoms with Crippen LogP contribution < -0.4 is 23.7 Å². The molecule has 5 saturated carbocycles. The zero-order valence-electron chi connectivity index (χ0n) is 31.1. The van der Waals surface area contributed by atoms with Gasteiger partial charge in [-0.05, 0) is 171 Å². The van der Waals surface area contributed by atoms with Gasteiger partial charge >= 0.3 is 0 Å². The fraction of sp³-hybridized carbons (Fsp3) is 0.667. The molecule has 0 aromatic heterocycles. The maximum atomic E-state index is 14.7. The third kappa shape index (κ3) is 10.3. The molecule has 6 nitrogen and oxygen atoms in total. The molecule has 0 unspecified atom stereocenters. The number of rotatable bonds is 13. The lowest BCUT2D eigenvalue weighted by molar-refractivity contribution is 0.0993. The SMILES string of the molecule is O=C(/C=C/c1cc(OC2CCCCC2)ccc1OC1CCCCC1)c1c(OC2CCCCC2)ccc(OC2CCCCC2)c1OC1CCCCC1. The van der Waals surface area contributed by atoms with Gasteiger partial charge in [0.15, 0.2) is 17.3 Å². The zero-order chi connectivity index (χ0) is 34.7. The molecule has 2 aromatic rings. The molecular formula is C45H62O6. The maximum Gasteiger partial charge on any atom is 0.193 e. The summed E-state index contributed by atoms with van der Waals surface area (Å²) in [5, 5.41) is 0. The topological polar surface area (TPSA) is 63.2 Å². The minimum absolute atomic E-state index is 0.0667. The van der Waals surface area contributed by atoms with Crippen LogP contribution in [0.4, 0.5) is 0 Å². The lowest BCUT2D eigenvalue weighted by Gasteiger charge is -2.30. The Balaban J connectivity index is 1.23. The minimum atomic E-state index is -0.122. The molecule has 0 aliphatic heterocycles. The van der Waals surface area contributed by atoms with Gasteiger partial charge in [0.25, 0.3) is 0 Å². The molecule has 7 rings (SSSR count). The van der Waals surface area contributed by atoms with Crippen molar-refractivity contribution in [2.24, 2.45) is 0 Å². The molecule has 0 atom stereocenters. The Morgan fingerprint density at radius 1 is 0.451 bits per heavy atom. The van der Waals surface area contributed by atoms with Crippen LogP contribution in [0.1, 0.15) is 176 Å². The molecule has 0 N–H and O–H groups in total. The van der Waals surface area contributed by atoms with E-state index in [1.54, 1.807) is 6.08 Å². The lowest BCUT2D eigenvalue weighted by atomic mass is 9.96. The molecule has 0 radical (unpaired) electrons. The van der Waals surface area contributed by atoms with Gasteiger partial charge in [-0.2, -0.15) is 0 Å². The Kier molecular flexibility index (Phi) is 13.2. The summed E-state index contributed by atoms with van der Waals surface area (Å²) in [6.07, 6.45) is 32.9. The van der Waals surface area contributed by atoms with Crippen LogP contribution in [0.15, 0.2) is 36.4 Å². The van der Waals surface area contributed by atoms with Crippen LogP contribution in [0.5, 0.6) is 28.7 Å². The van der Waals surface area contributed by atoms with Gasteiger partial charge in [0.05, 0.1) is 30.5 Å². The second kappa shape index (κ2) is 18.6. The van der Waals surface area contributed by atoms with E-state index in [-0.39, 0.29) is 36.3 Å². The summed E-state index contributed by atoms with van der Waals surface area (Å²) < 4.78 is 33.5. The third-order valence-corrected chi connectivity index (χ3v) is 12.0. The van der Waals surface area contributed by atoms with E-state index in [1.165, 1.54) is 70.6 Å². The largest absolute Gasteiger partial charge is 0.490 e. The van der Waals surface area contributed by atoms with Crippen molar-refractivity contribution in [3.05, 3.63) is 47.5 Å². The Hall–Kier alpha value is -3.15. The zero-order valence-corrected chi connectivity index (χ0v) is 31.1. The van der Waals surface area contributed by atoms with Gasteiger partial charge in [-0.25, -0.2) is 0 Å². The van der Waals surface area contributed by atoms with Gasteiger partial charge in [0, 0.05) is 5.56 Å². The van der Waals surface area contributed by atoms with Crippen LogP contribution in [0.2, 0.25) is 0 Å². The standard InChI is InChI=1S/C45H62O6/c46-40(28-26-33-32-39(47-34-16-6-1-7-17-34)27-29-41(33)48-35-18-8-2-9-19-35)44-42(49-36-20-10-3-11-21-36)30-31-43(50-37-22-12-4-13-23-37)45(44)51-38-24-14-5-15-25-38/h26-32,34-38H,1-25H2/b28-26+. The smallest absolute Gasteiger partial charge is 0.193 e. The Labute approximate surface area is 307 Å². The van der Waals surface area contributed by atoms with Gasteiger partial charge < -0.3 is 23.7 Å². The predicted molar refractivity (Wildman–Crippen MR) is 204 cm³/mol. The van der Waals surface area contributed by atoms with E-state index in [1.807, 2.05) is 30.3 Å². The molecule has 0 bridgehead atoms. The number of carbonyl (C=O) groups is 1. The van der Waals surface area contributed by atoms with Crippen molar-refractivity contribution >= 4 is 11.9 Å². The van der Waals surface area contributed by atoms with Gasteiger partial charge in [-0.15, -0.1) is 0 Å². The molecule has 5 fully saturated rings. The molecule has 0 heterocycles. The maximum absolute atomic E-state index is 14.7. The molecule has 5 aliphatic rings. The van der Waals surface area contributed by atoms with E-state index in [9.17, 15) is 4.79 Å². The van der Waals surface area contributed by atoms with Crippen LogP contribution in [-0.4, -0.2) is 36.3 Å². The van der Waals surface area contributed by atoms with Gasteiger partial charge in [-0.3, -0.25) is 4.79 Å². The molecular weight excluding hydrogens is 636 g/mol. The quantitative estimate of drug-likeness (QED) is 0.153. The summed E-state index contributed by atoms with van der Waals surface area (Å²) in [7, 11) is 0. The first-order valence-corrected chi connectivity index (χ1v) is 21.0. The number of ether oxygens (including phenoxy) is 5. The number of carbonyl (C=O) groups excluding carboxylic acids is 1. The summed E-state index contributed by atoms with van der Waals surface area (Å²) in [6.45, 7) is 0. The van der Waals surface area contributed by atoms with Crippen molar-refractivity contribution in [1.82, 2.24) is 0 Å². The summed E-state index contributed by atoms with van der Waals surface area (Å²) in [6, 6.07) is 10.1. The third-order valence-electron chi connectivity index (χ3n) is 12.0. The van der Waals surface area contributed by atoms with E-state index in [2.05, 4.69) is 6.07 Å². The van der Waals surface area contributed by atoms with Gasteiger partial charge in [-0.1, -0.05) is 32.1 Å². The molecule has 2 aromatic carbocycles. The normalized spacial score (nSPS) is 22.1. The molecule has 0 amide bonds. The van der Waals surface area contributed by atoms with Crippen LogP contribution in [-0.2, 0) is 0 Å². The summed E-state index contributed by atoms with van der Waals surface area (Å²) >= 11 is 0. The number of allylic oxidation sites excluding steroid dienone is 1. The Bertz CT molecular complexity index is 1420. The highest BCUT2D eigenvalue weighted by Gasteiger charge is 2.29. The second-order valence-corrected chi connectivity index (χ2v) is 16.1. The fourth-order valence-corrected chi connectivity index (χ4v) is 8.99. The van der Waals surface area contributed by atoms with Crippen molar-refractivity contribution in [3.63, 3.8) is 0 Å². The van der Waals surface area contributed by atoms with Crippen molar-refractivity contribution in [2.75, 3.05) is 0 Å². The number of ketones is 1. The van der Waals surface area contributed by atoms with Crippen molar-refractivity contribution in [3.8, 4) is 28.7 Å². The first-order valence-electron chi connectivity index (χ1n) is 21.0. The van der Waals surface area contributed by atoms with E-state index < -0.39 is 0 Å². The number of hydrogen-bond donors (Lipinski definition) is 0. The van der Waals surface area contributed by atoms with E-state index >= 15 is 0 Å². The molecule has 6 heteroatoms. The number of hydrogen-bond acceptors (Lipinski definition) is 6. The highest BCUT2D eigenvalue weighted by Crippen LogP contribution is 2.43. The first kappa shape index (κ1) is 36.2. The van der Waals surface area contributed by atoms with Crippen molar-refractivity contribution in [2.45, 2.75) is 191 Å². The minimum Gasteiger partial charge on any atom is -0.490 e. The van der Waals surface area contributed by atoms with E-state index in [0.717, 1.165) is 107 Å². The van der Waals surface area contributed by atoms with Gasteiger partial charge in [0.2, 0.25) is 0 Å². The average Bonchev–Trinajstić information content (AvgIpc) is 3.18.